The maximum atomic E-state index is 13.1. The smallest absolute Gasteiger partial charge is 0.336 e. The van der Waals surface area contributed by atoms with E-state index in [2.05, 4.69) is 10.6 Å². The molecule has 0 aromatic heterocycles. The number of hydrogen-bond acceptors (Lipinski definition) is 13. The number of phenolic OH excluding ortho intramolecular Hbond substituents is 1. The number of carboxylic acids is 1. The molecule has 17 nitrogen and oxygen atoms in total. The molecule has 1 amide bonds. The summed E-state index contributed by atoms with van der Waals surface area (Å²) >= 11 is 12.5. The van der Waals surface area contributed by atoms with Crippen LogP contribution in [-0.2, 0) is 14.2 Å². The second-order valence-corrected chi connectivity index (χ2v) is 12.3. The maximum Gasteiger partial charge on any atom is 0.336 e. The average Bonchev–Trinajstić information content (AvgIpc) is 3.13. The number of benzene rings is 3. The molecule has 0 saturated carbocycles. The predicted octanol–water partition coefficient (Wildman–Crippen LogP) is 5.03. The summed E-state index contributed by atoms with van der Waals surface area (Å²) in [4.78, 5) is 46.2. The number of non-ortho nitro benzene ring substituents is 1. The second-order valence-electron chi connectivity index (χ2n) is 11.5. The van der Waals surface area contributed by atoms with Crippen molar-refractivity contribution < 1.29 is 53.7 Å². The number of anilines is 1. The highest BCUT2D eigenvalue weighted by Gasteiger charge is 2.32. The number of nitrogens with zero attached hydrogens (tertiary/aromatic N) is 2. The zero-order valence-electron chi connectivity index (χ0n) is 28.1. The van der Waals surface area contributed by atoms with Gasteiger partial charge in [0.05, 0.1) is 71.2 Å². The molecule has 5 rings (SSSR count). The molecule has 1 unspecified atom stereocenters. The second kappa shape index (κ2) is 18.0. The monoisotopic (exact) mass is 786 g/mol. The Morgan fingerprint density at radius 3 is 2.22 bits per heavy atom. The Labute approximate surface area is 316 Å². The number of fused-ring (bicyclic) bond motifs is 2. The first kappa shape index (κ1) is 39.6. The molecule has 3 aromatic carbocycles. The van der Waals surface area contributed by atoms with Crippen molar-refractivity contribution in [2.45, 2.75) is 6.10 Å². The molecule has 0 saturated heterocycles. The van der Waals surface area contributed by atoms with E-state index in [1.807, 2.05) is 0 Å². The molecular weight excluding hydrogens is 755 g/mol. The molecular formula is C35H32Cl2N4O13. The largest absolute Gasteiger partial charge is 0.506 e. The number of allylic oxidation sites excluding steroid dienone is 1. The third-order valence-corrected chi connectivity index (χ3v) is 8.59. The number of aliphatic hydroxyl groups excluding tert-OH is 1. The lowest BCUT2D eigenvalue weighted by Gasteiger charge is -2.29. The van der Waals surface area contributed by atoms with E-state index in [0.29, 0.717) is 16.7 Å². The Bertz CT molecular complexity index is 2070. The third kappa shape index (κ3) is 9.51. The zero-order chi connectivity index (χ0) is 38.9. The molecule has 0 spiro atoms. The summed E-state index contributed by atoms with van der Waals surface area (Å²) in [7, 11) is 0. The number of amides is 1. The van der Waals surface area contributed by atoms with Crippen molar-refractivity contribution in [3.63, 3.8) is 0 Å². The SMILES string of the molecule is O=C(NCCOCCOCCOCCNc1ccc([N+](=O)[O-])cc1[N+](=O)[O-])c1ccc(C(=O)O)c(C2=C3C=C(Cl)C(O)C=C3Oc3cc(O)c(Cl)cc32)c1. The number of phenols is 1. The quantitative estimate of drug-likeness (QED) is 0.0646. The number of aliphatic hydroxyl groups is 1. The van der Waals surface area contributed by atoms with E-state index in [-0.39, 0.29) is 108 Å². The summed E-state index contributed by atoms with van der Waals surface area (Å²) in [6.45, 7) is 1.62. The van der Waals surface area contributed by atoms with Crippen LogP contribution in [0.3, 0.4) is 0 Å². The van der Waals surface area contributed by atoms with Gasteiger partial charge in [0.25, 0.3) is 17.3 Å². The number of carboxylic acid groups (broad SMARTS) is 1. The number of ether oxygens (including phenoxy) is 4. The Balaban J connectivity index is 1.09. The topological polar surface area (TPSA) is 242 Å². The van der Waals surface area contributed by atoms with Crippen LogP contribution in [0.4, 0.5) is 17.1 Å². The van der Waals surface area contributed by atoms with Crippen molar-refractivity contribution in [2.75, 3.05) is 58.0 Å². The fourth-order valence-electron chi connectivity index (χ4n) is 5.42. The summed E-state index contributed by atoms with van der Waals surface area (Å²) in [6.07, 6.45) is 1.60. The van der Waals surface area contributed by atoms with E-state index >= 15 is 0 Å². The highest BCUT2D eigenvalue weighted by Crippen LogP contribution is 2.48. The lowest BCUT2D eigenvalue weighted by molar-refractivity contribution is -0.393. The van der Waals surface area contributed by atoms with Gasteiger partial charge in [0, 0.05) is 47.5 Å². The van der Waals surface area contributed by atoms with Crippen molar-refractivity contribution in [1.29, 1.82) is 0 Å². The van der Waals surface area contributed by atoms with E-state index in [9.17, 15) is 45.1 Å². The van der Waals surface area contributed by atoms with Gasteiger partial charge in [0.2, 0.25) is 0 Å². The molecule has 0 bridgehead atoms. The van der Waals surface area contributed by atoms with Gasteiger partial charge in [-0.2, -0.15) is 0 Å². The van der Waals surface area contributed by atoms with Crippen molar-refractivity contribution in [3.8, 4) is 11.5 Å². The van der Waals surface area contributed by atoms with E-state index < -0.39 is 33.5 Å². The standard InChI is InChI=1S/C35H32Cl2N4O13/c36-25-15-23-31(17-29(25)42)54-32-18-30(43)26(37)16-24(32)33(23)22-13-19(1-3-21(22)35(45)46)34(44)39-6-8-52-10-12-53-11-9-51-7-5-38-27-4-2-20(40(47)48)14-28(27)41(49)50/h1-4,13-18,29,38,42-43H,5-12H2,(H,39,44)(H,45,46). The van der Waals surface area contributed by atoms with Crippen LogP contribution >= 0.6 is 23.2 Å². The highest BCUT2D eigenvalue weighted by atomic mass is 35.5. The Kier molecular flexibility index (Phi) is 13.2. The molecule has 284 valence electrons. The molecule has 5 N–H and O–H groups in total. The minimum absolute atomic E-state index is 0.0266. The van der Waals surface area contributed by atoms with Crippen molar-refractivity contribution in [1.82, 2.24) is 5.32 Å². The Morgan fingerprint density at radius 1 is 0.870 bits per heavy atom. The summed E-state index contributed by atoms with van der Waals surface area (Å²) < 4.78 is 22.3. The van der Waals surface area contributed by atoms with Crippen molar-refractivity contribution in [3.05, 3.63) is 125 Å². The molecule has 1 aliphatic carbocycles. The number of nitro groups is 2. The fraction of sp³-hybridized carbons (Fsp3) is 0.257. The summed E-state index contributed by atoms with van der Waals surface area (Å²) in [5, 5.41) is 58.3. The normalized spacial score (nSPS) is 14.6. The summed E-state index contributed by atoms with van der Waals surface area (Å²) in [5.41, 5.74) is 0.449. The average molecular weight is 788 g/mol. The first-order valence-corrected chi connectivity index (χ1v) is 16.9. The van der Waals surface area contributed by atoms with Gasteiger partial charge in [-0.3, -0.25) is 25.0 Å². The minimum atomic E-state index is -1.27. The van der Waals surface area contributed by atoms with Crippen LogP contribution in [-0.4, -0.2) is 95.9 Å². The van der Waals surface area contributed by atoms with E-state index in [0.717, 1.165) is 6.07 Å². The maximum absolute atomic E-state index is 13.1. The van der Waals surface area contributed by atoms with E-state index in [1.165, 1.54) is 54.6 Å². The lowest BCUT2D eigenvalue weighted by atomic mass is 9.84. The molecule has 19 heteroatoms. The number of nitrogens with one attached hydrogen (secondary N) is 2. The van der Waals surface area contributed by atoms with Crippen molar-refractivity contribution >= 4 is 57.7 Å². The molecule has 1 atom stereocenters. The number of aromatic carboxylic acids is 1. The van der Waals surface area contributed by atoms with Gasteiger partial charge < -0.3 is 44.9 Å². The molecule has 2 aliphatic rings. The van der Waals surface area contributed by atoms with Crippen LogP contribution in [0.5, 0.6) is 11.5 Å². The Hall–Kier alpha value is -5.56. The van der Waals surface area contributed by atoms with E-state index in [4.69, 9.17) is 42.1 Å². The number of aromatic hydroxyl groups is 1. The van der Waals surface area contributed by atoms with Gasteiger partial charge in [-0.15, -0.1) is 0 Å². The number of carbonyl (C=O) groups is 2. The number of rotatable bonds is 18. The predicted molar refractivity (Wildman–Crippen MR) is 194 cm³/mol. The number of halogens is 2. The molecule has 3 aromatic rings. The van der Waals surface area contributed by atoms with Gasteiger partial charge in [0.15, 0.2) is 0 Å². The van der Waals surface area contributed by atoms with Gasteiger partial charge >= 0.3 is 5.97 Å². The molecule has 1 aliphatic heterocycles. The van der Waals surface area contributed by atoms with Crippen LogP contribution in [0.15, 0.2) is 77.0 Å². The Morgan fingerprint density at radius 2 is 1.56 bits per heavy atom. The molecule has 54 heavy (non-hydrogen) atoms. The van der Waals surface area contributed by atoms with Crippen LogP contribution in [0.2, 0.25) is 5.02 Å². The first-order valence-electron chi connectivity index (χ1n) is 16.1. The summed E-state index contributed by atoms with van der Waals surface area (Å²) in [5.74, 6) is -1.75. The van der Waals surface area contributed by atoms with Gasteiger partial charge in [-0.1, -0.05) is 23.2 Å². The minimum Gasteiger partial charge on any atom is -0.506 e. The third-order valence-electron chi connectivity index (χ3n) is 7.96. The van der Waals surface area contributed by atoms with Gasteiger partial charge in [-0.25, -0.2) is 4.79 Å². The van der Waals surface area contributed by atoms with Crippen LogP contribution in [0.1, 0.15) is 31.8 Å². The van der Waals surface area contributed by atoms with Gasteiger partial charge in [0.1, 0.15) is 29.0 Å². The molecule has 0 fully saturated rings. The van der Waals surface area contributed by atoms with Crippen LogP contribution in [0, 0.1) is 20.2 Å². The lowest BCUT2D eigenvalue weighted by Crippen LogP contribution is -2.28. The fourth-order valence-corrected chi connectivity index (χ4v) is 5.76. The molecule has 1 heterocycles. The molecule has 0 radical (unpaired) electrons. The van der Waals surface area contributed by atoms with Crippen molar-refractivity contribution in [2.24, 2.45) is 0 Å². The van der Waals surface area contributed by atoms with Gasteiger partial charge in [-0.05, 0) is 48.0 Å². The highest BCUT2D eigenvalue weighted by molar-refractivity contribution is 6.32. The number of carbonyl (C=O) groups excluding carboxylic acids is 1. The number of nitro benzene ring substituents is 2. The van der Waals surface area contributed by atoms with E-state index in [1.54, 1.807) is 0 Å². The zero-order valence-corrected chi connectivity index (χ0v) is 29.6. The van der Waals surface area contributed by atoms with Crippen LogP contribution in [0.25, 0.3) is 5.57 Å². The van der Waals surface area contributed by atoms with Crippen LogP contribution < -0.4 is 15.4 Å². The number of hydrogen-bond donors (Lipinski definition) is 5. The summed E-state index contributed by atoms with van der Waals surface area (Å²) in [6, 6.07) is 10.1. The first-order chi connectivity index (χ1) is 25.8.